The molecule has 0 saturated heterocycles. The lowest BCUT2D eigenvalue weighted by Gasteiger charge is -2.10. The topological polar surface area (TPSA) is 51.5 Å². The number of benzene rings is 1. The highest BCUT2D eigenvalue weighted by atomic mass is 16.5. The lowest BCUT2D eigenvalue weighted by atomic mass is 10.1. The molecule has 1 aromatic heterocycles. The summed E-state index contributed by atoms with van der Waals surface area (Å²) in [6.45, 7) is 3.50. The number of hydrogen-bond acceptors (Lipinski definition) is 3. The maximum absolute atomic E-state index is 12.0. The molecule has 4 nitrogen and oxygen atoms in total. The summed E-state index contributed by atoms with van der Waals surface area (Å²) in [6, 6.07) is 8.41. The third-order valence-corrected chi connectivity index (χ3v) is 5.54. The van der Waals surface area contributed by atoms with Crippen LogP contribution in [0.15, 0.2) is 47.5 Å². The van der Waals surface area contributed by atoms with E-state index in [2.05, 4.69) is 6.92 Å². The van der Waals surface area contributed by atoms with Crippen LogP contribution in [0.1, 0.15) is 89.5 Å². The molecule has 30 heavy (non-hydrogen) atoms. The average molecular weight is 414 g/mol. The number of aromatic nitrogens is 1. The number of phenols is 1. The zero-order valence-corrected chi connectivity index (χ0v) is 18.7. The number of rotatable bonds is 16. The summed E-state index contributed by atoms with van der Waals surface area (Å²) in [5.41, 5.74) is 0.822. The van der Waals surface area contributed by atoms with E-state index in [1.807, 2.05) is 10.8 Å². The Bertz CT molecular complexity index is 752. The van der Waals surface area contributed by atoms with Crippen LogP contribution in [0.5, 0.6) is 11.5 Å². The van der Waals surface area contributed by atoms with E-state index in [0.29, 0.717) is 12.4 Å². The summed E-state index contributed by atoms with van der Waals surface area (Å²) in [5.74, 6) is 0.604. The van der Waals surface area contributed by atoms with Crippen LogP contribution < -0.4 is 10.2 Å². The van der Waals surface area contributed by atoms with E-state index in [1.54, 1.807) is 36.5 Å². The Morgan fingerprint density at radius 2 is 1.37 bits per heavy atom. The van der Waals surface area contributed by atoms with E-state index in [1.165, 1.54) is 70.6 Å². The zero-order chi connectivity index (χ0) is 21.4. The Morgan fingerprint density at radius 3 is 1.97 bits per heavy atom. The number of aromatic hydroxyl groups is 1. The van der Waals surface area contributed by atoms with Gasteiger partial charge in [-0.05, 0) is 24.1 Å². The van der Waals surface area contributed by atoms with Crippen molar-refractivity contribution in [2.75, 3.05) is 0 Å². The minimum absolute atomic E-state index is 0.0975. The number of aryl methyl sites for hydroxylation is 1. The summed E-state index contributed by atoms with van der Waals surface area (Å²) in [4.78, 5) is 12.0. The second kappa shape index (κ2) is 14.7. The van der Waals surface area contributed by atoms with Crippen LogP contribution >= 0.6 is 0 Å². The van der Waals surface area contributed by atoms with Gasteiger partial charge in [-0.1, -0.05) is 89.7 Å². The first-order valence-corrected chi connectivity index (χ1v) is 11.8. The summed E-state index contributed by atoms with van der Waals surface area (Å²) < 4.78 is 7.75. The molecule has 1 N–H and O–H groups in total. The standard InChI is InChI=1S/C26H39NO3/c1-2-3-4-5-6-7-8-9-10-11-12-13-19-27-20-18-25(29)26(21-27)30-22-23-14-16-24(28)17-15-23/h14-18,20-21,28H,2-13,19,22H2,1H3. The van der Waals surface area contributed by atoms with Crippen molar-refractivity contribution in [2.45, 2.75) is 97.1 Å². The van der Waals surface area contributed by atoms with Crippen molar-refractivity contribution in [3.63, 3.8) is 0 Å². The van der Waals surface area contributed by atoms with Crippen molar-refractivity contribution in [1.82, 2.24) is 4.57 Å². The highest BCUT2D eigenvalue weighted by Crippen LogP contribution is 2.14. The summed E-state index contributed by atoms with van der Waals surface area (Å²) in [6.07, 6.45) is 19.7. The quantitative estimate of drug-likeness (QED) is 0.307. The Balaban J connectivity index is 1.58. The van der Waals surface area contributed by atoms with Gasteiger partial charge in [-0.15, -0.1) is 0 Å². The van der Waals surface area contributed by atoms with Crippen LogP contribution in [-0.4, -0.2) is 9.67 Å². The van der Waals surface area contributed by atoms with Gasteiger partial charge < -0.3 is 14.4 Å². The van der Waals surface area contributed by atoms with Crippen LogP contribution in [0.4, 0.5) is 0 Å². The third kappa shape index (κ3) is 10.00. The fourth-order valence-corrected chi connectivity index (χ4v) is 3.64. The molecule has 1 heterocycles. The molecule has 2 rings (SSSR count). The number of phenolic OH excluding ortho intramolecular Hbond substituents is 1. The van der Waals surface area contributed by atoms with Gasteiger partial charge in [0.05, 0.1) is 6.20 Å². The number of nitrogens with zero attached hydrogens (tertiary/aromatic N) is 1. The second-order valence-corrected chi connectivity index (χ2v) is 8.26. The number of hydrogen-bond donors (Lipinski definition) is 1. The van der Waals surface area contributed by atoms with Gasteiger partial charge >= 0.3 is 0 Å². The molecule has 166 valence electrons. The van der Waals surface area contributed by atoms with Gasteiger partial charge in [0.2, 0.25) is 5.43 Å². The summed E-state index contributed by atoms with van der Waals surface area (Å²) >= 11 is 0. The van der Waals surface area contributed by atoms with Crippen molar-refractivity contribution in [3.05, 3.63) is 58.5 Å². The van der Waals surface area contributed by atoms with Crippen molar-refractivity contribution in [1.29, 1.82) is 0 Å². The van der Waals surface area contributed by atoms with Crippen LogP contribution in [0.25, 0.3) is 0 Å². The number of ether oxygens (including phenoxy) is 1. The highest BCUT2D eigenvalue weighted by molar-refractivity contribution is 5.26. The molecule has 0 aliphatic heterocycles. The summed E-state index contributed by atoms with van der Waals surface area (Å²) in [7, 11) is 0. The largest absolute Gasteiger partial charge is 0.508 e. The van der Waals surface area contributed by atoms with Gasteiger partial charge in [0.25, 0.3) is 0 Å². The van der Waals surface area contributed by atoms with Crippen molar-refractivity contribution < 1.29 is 9.84 Å². The first-order valence-electron chi connectivity index (χ1n) is 11.8. The molecule has 4 heteroatoms. The van der Waals surface area contributed by atoms with Gasteiger partial charge in [-0.3, -0.25) is 4.79 Å². The van der Waals surface area contributed by atoms with Crippen molar-refractivity contribution in [2.24, 2.45) is 0 Å². The fourth-order valence-electron chi connectivity index (χ4n) is 3.64. The van der Waals surface area contributed by atoms with E-state index in [4.69, 9.17) is 4.74 Å². The number of unbranched alkanes of at least 4 members (excludes halogenated alkanes) is 11. The smallest absolute Gasteiger partial charge is 0.223 e. The highest BCUT2D eigenvalue weighted by Gasteiger charge is 2.03. The molecule has 0 atom stereocenters. The minimum Gasteiger partial charge on any atom is -0.508 e. The van der Waals surface area contributed by atoms with Crippen LogP contribution in [0.2, 0.25) is 0 Å². The molecule has 0 radical (unpaired) electrons. The van der Waals surface area contributed by atoms with E-state index in [0.717, 1.165) is 18.5 Å². The van der Waals surface area contributed by atoms with Gasteiger partial charge in [-0.25, -0.2) is 0 Å². The molecule has 0 aliphatic carbocycles. The molecule has 0 bridgehead atoms. The lowest BCUT2D eigenvalue weighted by molar-refractivity contribution is 0.299. The maximum Gasteiger partial charge on any atom is 0.223 e. The Labute approximate surface area is 181 Å². The first-order chi connectivity index (χ1) is 14.7. The first kappa shape index (κ1) is 24.0. The third-order valence-electron chi connectivity index (χ3n) is 5.54. The van der Waals surface area contributed by atoms with Crippen LogP contribution in [0.3, 0.4) is 0 Å². The molecule has 0 fully saturated rings. The van der Waals surface area contributed by atoms with Crippen molar-refractivity contribution >= 4 is 0 Å². The van der Waals surface area contributed by atoms with E-state index in [9.17, 15) is 9.90 Å². The second-order valence-electron chi connectivity index (χ2n) is 8.26. The molecule has 0 amide bonds. The Kier molecular flexibility index (Phi) is 11.8. The normalized spacial score (nSPS) is 11.0. The fraction of sp³-hybridized carbons (Fsp3) is 0.577. The molecular formula is C26H39NO3. The molecule has 0 aliphatic rings. The van der Waals surface area contributed by atoms with E-state index < -0.39 is 0 Å². The monoisotopic (exact) mass is 413 g/mol. The Morgan fingerprint density at radius 1 is 0.800 bits per heavy atom. The van der Waals surface area contributed by atoms with E-state index >= 15 is 0 Å². The zero-order valence-electron chi connectivity index (χ0n) is 18.7. The molecular weight excluding hydrogens is 374 g/mol. The predicted molar refractivity (Wildman–Crippen MR) is 124 cm³/mol. The molecule has 0 spiro atoms. The summed E-state index contributed by atoms with van der Waals surface area (Å²) in [5, 5.41) is 9.34. The minimum atomic E-state index is -0.0975. The van der Waals surface area contributed by atoms with Crippen molar-refractivity contribution in [3.8, 4) is 11.5 Å². The van der Waals surface area contributed by atoms with Crippen LogP contribution in [-0.2, 0) is 13.2 Å². The average Bonchev–Trinajstić information content (AvgIpc) is 2.75. The number of pyridine rings is 1. The SMILES string of the molecule is CCCCCCCCCCCCCCn1ccc(=O)c(OCc2ccc(O)cc2)c1. The maximum atomic E-state index is 12.0. The predicted octanol–water partition coefficient (Wildman–Crippen LogP) is 6.83. The molecule has 0 saturated carbocycles. The molecule has 1 aromatic carbocycles. The lowest BCUT2D eigenvalue weighted by Crippen LogP contribution is -2.11. The molecule has 2 aromatic rings. The van der Waals surface area contributed by atoms with Gasteiger partial charge in [0.15, 0.2) is 5.75 Å². The molecule has 0 unspecified atom stereocenters. The van der Waals surface area contributed by atoms with Gasteiger partial charge in [0.1, 0.15) is 12.4 Å². The Hall–Kier alpha value is -2.23. The van der Waals surface area contributed by atoms with Crippen LogP contribution in [0, 0.1) is 0 Å². The van der Waals surface area contributed by atoms with Gasteiger partial charge in [0, 0.05) is 18.8 Å². The van der Waals surface area contributed by atoms with E-state index in [-0.39, 0.29) is 11.2 Å². The van der Waals surface area contributed by atoms with Gasteiger partial charge in [-0.2, -0.15) is 0 Å².